The molecule has 0 spiro atoms. The Balaban J connectivity index is 2.53. The molecule has 0 heterocycles. The summed E-state index contributed by atoms with van der Waals surface area (Å²) in [6.45, 7) is 16.4. The molecule has 0 bridgehead atoms. The first kappa shape index (κ1) is 30.9. The van der Waals surface area contributed by atoms with Crippen molar-refractivity contribution in [2.75, 3.05) is 47.0 Å². The Morgan fingerprint density at radius 3 is 1.91 bits per heavy atom. The van der Waals surface area contributed by atoms with Gasteiger partial charge in [-0.05, 0) is 60.6 Å². The van der Waals surface area contributed by atoms with Crippen LogP contribution in [0, 0.1) is 12.8 Å². The standard InChI is InChI=1S/C28H48NO6/c1-10-32-25(30)24(26(31)33-11-2)16-19-29(8,9)20-17-27(4,5)34-21-18-28(6,7)35-23-14-12-22(3)13-15-23/h12-15,24H,10-11,16-21H2,1-9H3/q+1. The van der Waals surface area contributed by atoms with Crippen LogP contribution >= 0.6 is 0 Å². The van der Waals surface area contributed by atoms with Crippen molar-refractivity contribution in [1.82, 2.24) is 0 Å². The van der Waals surface area contributed by atoms with Gasteiger partial charge in [0.1, 0.15) is 11.4 Å². The molecule has 0 aliphatic carbocycles. The first-order valence-corrected chi connectivity index (χ1v) is 12.8. The number of ether oxygens (including phenoxy) is 4. The fourth-order valence-corrected chi connectivity index (χ4v) is 3.60. The summed E-state index contributed by atoms with van der Waals surface area (Å²) in [7, 11) is 4.20. The minimum Gasteiger partial charge on any atom is -0.488 e. The Kier molecular flexibility index (Phi) is 12.2. The smallest absolute Gasteiger partial charge is 0.320 e. The van der Waals surface area contributed by atoms with E-state index >= 15 is 0 Å². The van der Waals surface area contributed by atoms with E-state index in [-0.39, 0.29) is 24.4 Å². The van der Waals surface area contributed by atoms with Crippen molar-refractivity contribution < 1.29 is 33.0 Å². The second kappa shape index (κ2) is 13.8. The molecule has 0 saturated heterocycles. The largest absolute Gasteiger partial charge is 0.488 e. The minimum atomic E-state index is -0.882. The molecule has 7 heteroatoms. The van der Waals surface area contributed by atoms with Gasteiger partial charge in [-0.25, -0.2) is 0 Å². The molecular formula is C28H48NO6+. The molecular weight excluding hydrogens is 446 g/mol. The molecule has 0 amide bonds. The van der Waals surface area contributed by atoms with E-state index in [1.165, 1.54) is 5.56 Å². The van der Waals surface area contributed by atoms with Gasteiger partial charge in [0, 0.05) is 19.3 Å². The molecule has 0 atom stereocenters. The maximum absolute atomic E-state index is 12.3. The van der Waals surface area contributed by atoms with Gasteiger partial charge in [0.15, 0.2) is 5.92 Å². The van der Waals surface area contributed by atoms with Crippen LogP contribution in [0.25, 0.3) is 0 Å². The lowest BCUT2D eigenvalue weighted by atomic mass is 10.0. The molecule has 200 valence electrons. The molecule has 0 aromatic heterocycles. The molecule has 1 aromatic rings. The average Bonchev–Trinajstić information content (AvgIpc) is 2.74. The third-order valence-corrected chi connectivity index (χ3v) is 6.10. The van der Waals surface area contributed by atoms with Crippen LogP contribution in [0.2, 0.25) is 0 Å². The molecule has 0 N–H and O–H groups in total. The number of aryl methyl sites for hydroxylation is 1. The summed E-state index contributed by atoms with van der Waals surface area (Å²) in [6, 6.07) is 8.09. The van der Waals surface area contributed by atoms with Gasteiger partial charge in [-0.15, -0.1) is 0 Å². The van der Waals surface area contributed by atoms with Gasteiger partial charge in [-0.3, -0.25) is 9.59 Å². The van der Waals surface area contributed by atoms with E-state index in [2.05, 4.69) is 48.7 Å². The second-order valence-electron chi connectivity index (χ2n) is 11.0. The summed E-state index contributed by atoms with van der Waals surface area (Å²) in [5, 5.41) is 0. The lowest BCUT2D eigenvalue weighted by molar-refractivity contribution is -0.891. The van der Waals surface area contributed by atoms with Crippen LogP contribution < -0.4 is 4.74 Å². The topological polar surface area (TPSA) is 71.1 Å². The summed E-state index contributed by atoms with van der Waals surface area (Å²) in [6.07, 6.45) is 1.99. The average molecular weight is 495 g/mol. The van der Waals surface area contributed by atoms with Crippen LogP contribution in [0.4, 0.5) is 0 Å². The highest BCUT2D eigenvalue weighted by atomic mass is 16.6. The lowest BCUT2D eigenvalue weighted by Gasteiger charge is -2.35. The van der Waals surface area contributed by atoms with Crippen molar-refractivity contribution in [3.63, 3.8) is 0 Å². The third kappa shape index (κ3) is 12.4. The molecule has 7 nitrogen and oxygen atoms in total. The van der Waals surface area contributed by atoms with Gasteiger partial charge in [-0.2, -0.15) is 0 Å². The summed E-state index contributed by atoms with van der Waals surface area (Å²) in [5.74, 6) is -1.04. The fourth-order valence-electron chi connectivity index (χ4n) is 3.60. The lowest BCUT2D eigenvalue weighted by Crippen LogP contribution is -2.46. The van der Waals surface area contributed by atoms with Crippen molar-refractivity contribution in [3.8, 4) is 5.75 Å². The van der Waals surface area contributed by atoms with Crippen LogP contribution in [0.1, 0.15) is 66.4 Å². The van der Waals surface area contributed by atoms with Crippen molar-refractivity contribution >= 4 is 11.9 Å². The maximum Gasteiger partial charge on any atom is 0.320 e. The second-order valence-corrected chi connectivity index (χ2v) is 11.0. The quantitative estimate of drug-likeness (QED) is 0.184. The van der Waals surface area contributed by atoms with E-state index in [9.17, 15) is 9.59 Å². The highest BCUT2D eigenvalue weighted by Gasteiger charge is 2.33. The van der Waals surface area contributed by atoms with E-state index in [0.717, 1.165) is 25.1 Å². The Morgan fingerprint density at radius 2 is 1.40 bits per heavy atom. The predicted molar refractivity (Wildman–Crippen MR) is 138 cm³/mol. The number of carbonyl (C=O) groups is 2. The molecule has 0 aliphatic heterocycles. The Bertz CT molecular complexity index is 767. The van der Waals surface area contributed by atoms with Crippen LogP contribution in [0.5, 0.6) is 5.75 Å². The van der Waals surface area contributed by atoms with Crippen LogP contribution in [-0.4, -0.2) is 74.6 Å². The number of carbonyl (C=O) groups excluding carboxylic acids is 2. The first-order chi connectivity index (χ1) is 16.2. The number of benzene rings is 1. The predicted octanol–water partition coefficient (Wildman–Crippen LogP) is 4.94. The maximum atomic E-state index is 12.3. The van der Waals surface area contributed by atoms with E-state index in [4.69, 9.17) is 18.9 Å². The number of esters is 2. The van der Waals surface area contributed by atoms with Gasteiger partial charge in [0.05, 0.1) is 52.6 Å². The van der Waals surface area contributed by atoms with Gasteiger partial charge in [0.2, 0.25) is 0 Å². The number of quaternary nitrogens is 1. The number of rotatable bonds is 16. The Morgan fingerprint density at radius 1 is 0.857 bits per heavy atom. The number of hydrogen-bond acceptors (Lipinski definition) is 6. The Labute approximate surface area is 212 Å². The summed E-state index contributed by atoms with van der Waals surface area (Å²) < 4.78 is 23.2. The number of hydrogen-bond donors (Lipinski definition) is 0. The van der Waals surface area contributed by atoms with E-state index in [0.29, 0.717) is 24.1 Å². The van der Waals surface area contributed by atoms with Gasteiger partial charge in [-0.1, -0.05) is 17.7 Å². The molecule has 0 unspecified atom stereocenters. The summed E-state index contributed by atoms with van der Waals surface area (Å²) >= 11 is 0. The molecule has 0 aliphatic rings. The fraction of sp³-hybridized carbons (Fsp3) is 0.714. The SMILES string of the molecule is CCOC(=O)C(CC[N+](C)(C)CCC(C)(C)OCCC(C)(C)Oc1ccc(C)cc1)C(=O)OCC. The highest BCUT2D eigenvalue weighted by Crippen LogP contribution is 2.24. The normalized spacial score (nSPS) is 12.5. The first-order valence-electron chi connectivity index (χ1n) is 12.8. The highest BCUT2D eigenvalue weighted by molar-refractivity contribution is 5.94. The Hall–Kier alpha value is -2.12. The van der Waals surface area contributed by atoms with Crippen molar-refractivity contribution in [2.45, 2.75) is 78.9 Å². The van der Waals surface area contributed by atoms with E-state index in [1.807, 2.05) is 24.3 Å². The molecule has 0 saturated carbocycles. The van der Waals surface area contributed by atoms with Gasteiger partial charge in [0.25, 0.3) is 0 Å². The molecule has 35 heavy (non-hydrogen) atoms. The minimum absolute atomic E-state index is 0.241. The third-order valence-electron chi connectivity index (χ3n) is 6.10. The number of nitrogens with zero attached hydrogens (tertiary/aromatic N) is 1. The van der Waals surface area contributed by atoms with Crippen LogP contribution in [-0.2, 0) is 23.8 Å². The van der Waals surface area contributed by atoms with Crippen LogP contribution in [0.3, 0.4) is 0 Å². The van der Waals surface area contributed by atoms with Crippen molar-refractivity contribution in [2.24, 2.45) is 5.92 Å². The van der Waals surface area contributed by atoms with Gasteiger partial charge < -0.3 is 23.4 Å². The zero-order chi connectivity index (χ0) is 26.7. The monoisotopic (exact) mass is 494 g/mol. The van der Waals surface area contributed by atoms with Crippen LogP contribution in [0.15, 0.2) is 24.3 Å². The summed E-state index contributed by atoms with van der Waals surface area (Å²) in [4.78, 5) is 24.5. The molecule has 0 radical (unpaired) electrons. The zero-order valence-electron chi connectivity index (χ0n) is 23.4. The van der Waals surface area contributed by atoms with E-state index < -0.39 is 17.9 Å². The molecule has 0 fully saturated rings. The molecule has 1 aromatic carbocycles. The molecule has 1 rings (SSSR count). The summed E-state index contributed by atoms with van der Waals surface area (Å²) in [5.41, 5.74) is 0.561. The van der Waals surface area contributed by atoms with Crippen molar-refractivity contribution in [3.05, 3.63) is 29.8 Å². The van der Waals surface area contributed by atoms with Gasteiger partial charge >= 0.3 is 11.9 Å². The van der Waals surface area contributed by atoms with E-state index in [1.54, 1.807) is 13.8 Å². The van der Waals surface area contributed by atoms with Crippen molar-refractivity contribution in [1.29, 1.82) is 0 Å². The zero-order valence-corrected chi connectivity index (χ0v) is 23.4.